The van der Waals surface area contributed by atoms with E-state index in [1.807, 2.05) is 13.8 Å². The average Bonchev–Trinajstić information content (AvgIpc) is 2.43. The van der Waals surface area contributed by atoms with E-state index in [1.54, 1.807) is 11.9 Å². The molecule has 0 aromatic heterocycles. The topological polar surface area (TPSA) is 78.9 Å². The zero-order valence-corrected chi connectivity index (χ0v) is 13.3. The van der Waals surface area contributed by atoms with E-state index in [4.69, 9.17) is 9.84 Å². The largest absolute Gasteiger partial charge is 0.481 e. The second-order valence-corrected chi connectivity index (χ2v) is 6.03. The number of hydrogen-bond acceptors (Lipinski definition) is 3. The third kappa shape index (κ3) is 6.80. The van der Waals surface area contributed by atoms with Crippen molar-refractivity contribution in [2.45, 2.75) is 58.1 Å². The van der Waals surface area contributed by atoms with Gasteiger partial charge in [-0.2, -0.15) is 0 Å². The van der Waals surface area contributed by atoms with Crippen LogP contribution in [0.1, 0.15) is 46.0 Å². The van der Waals surface area contributed by atoms with Gasteiger partial charge in [0.05, 0.1) is 12.0 Å². The Morgan fingerprint density at radius 1 is 1.29 bits per heavy atom. The summed E-state index contributed by atoms with van der Waals surface area (Å²) in [7, 11) is 1.77. The fourth-order valence-electron chi connectivity index (χ4n) is 2.49. The molecule has 0 saturated heterocycles. The average molecular weight is 300 g/mol. The normalized spacial score (nSPS) is 22.1. The Balaban J connectivity index is 2.19. The highest BCUT2D eigenvalue weighted by Crippen LogP contribution is 2.24. The van der Waals surface area contributed by atoms with Gasteiger partial charge < -0.3 is 20.1 Å². The minimum atomic E-state index is -0.720. The summed E-state index contributed by atoms with van der Waals surface area (Å²) < 4.78 is 5.44. The Kier molecular flexibility index (Phi) is 7.50. The lowest BCUT2D eigenvalue weighted by Crippen LogP contribution is -2.45. The number of nitrogens with one attached hydrogen (secondary N) is 1. The fraction of sp³-hybridized carbons (Fsp3) is 0.867. The molecule has 21 heavy (non-hydrogen) atoms. The first-order valence-corrected chi connectivity index (χ1v) is 7.76. The van der Waals surface area contributed by atoms with Crippen LogP contribution in [0.3, 0.4) is 0 Å². The van der Waals surface area contributed by atoms with Gasteiger partial charge in [-0.3, -0.25) is 4.79 Å². The molecule has 0 heterocycles. The van der Waals surface area contributed by atoms with Crippen LogP contribution in [-0.4, -0.2) is 54.4 Å². The molecule has 1 saturated carbocycles. The van der Waals surface area contributed by atoms with Crippen molar-refractivity contribution in [2.24, 2.45) is 5.92 Å². The van der Waals surface area contributed by atoms with Crippen molar-refractivity contribution in [1.29, 1.82) is 0 Å². The van der Waals surface area contributed by atoms with E-state index in [9.17, 15) is 9.59 Å². The minimum absolute atomic E-state index is 0.0849. The maximum atomic E-state index is 12.0. The van der Waals surface area contributed by atoms with Crippen LogP contribution in [0.15, 0.2) is 0 Å². The van der Waals surface area contributed by atoms with Crippen molar-refractivity contribution < 1.29 is 19.4 Å². The lowest BCUT2D eigenvalue weighted by molar-refractivity contribution is -0.142. The summed E-state index contributed by atoms with van der Waals surface area (Å²) in [5, 5.41) is 11.9. The van der Waals surface area contributed by atoms with Gasteiger partial charge >= 0.3 is 12.0 Å². The Morgan fingerprint density at radius 2 is 1.90 bits per heavy atom. The Bertz CT molecular complexity index is 339. The molecule has 0 aromatic carbocycles. The van der Waals surface area contributed by atoms with Crippen LogP contribution in [0.4, 0.5) is 4.79 Å². The standard InChI is InChI=1S/C15H28N2O4/c1-11(2)21-10-4-9-17(3)15(20)16-13-7-5-12(6-8-13)14(18)19/h11-13H,4-10H2,1-3H3,(H,16,20)(H,18,19). The highest BCUT2D eigenvalue weighted by Gasteiger charge is 2.27. The van der Waals surface area contributed by atoms with Crippen LogP contribution >= 0.6 is 0 Å². The number of rotatable bonds is 7. The summed E-state index contributed by atoms with van der Waals surface area (Å²) in [5.74, 6) is -0.967. The Hall–Kier alpha value is -1.30. The van der Waals surface area contributed by atoms with Gasteiger partial charge in [-0.15, -0.1) is 0 Å². The minimum Gasteiger partial charge on any atom is -0.481 e. The van der Waals surface area contributed by atoms with Crippen molar-refractivity contribution in [1.82, 2.24) is 10.2 Å². The summed E-state index contributed by atoms with van der Waals surface area (Å²) in [4.78, 5) is 24.6. The lowest BCUT2D eigenvalue weighted by atomic mass is 9.86. The van der Waals surface area contributed by atoms with Gasteiger partial charge in [-0.05, 0) is 46.0 Å². The molecule has 0 aliphatic heterocycles. The van der Waals surface area contributed by atoms with E-state index in [0.717, 1.165) is 19.3 Å². The summed E-state index contributed by atoms with van der Waals surface area (Å²) in [6.07, 6.45) is 3.81. The number of hydrogen-bond donors (Lipinski definition) is 2. The van der Waals surface area contributed by atoms with Crippen LogP contribution in [0.5, 0.6) is 0 Å². The van der Waals surface area contributed by atoms with E-state index < -0.39 is 5.97 Å². The molecule has 1 aliphatic rings. The summed E-state index contributed by atoms with van der Waals surface area (Å²) in [5.41, 5.74) is 0. The molecule has 122 valence electrons. The number of amides is 2. The van der Waals surface area contributed by atoms with Crippen molar-refractivity contribution in [2.75, 3.05) is 20.2 Å². The maximum absolute atomic E-state index is 12.0. The van der Waals surface area contributed by atoms with Crippen LogP contribution < -0.4 is 5.32 Å². The van der Waals surface area contributed by atoms with Gasteiger partial charge in [0.15, 0.2) is 0 Å². The molecular weight excluding hydrogens is 272 g/mol. The summed E-state index contributed by atoms with van der Waals surface area (Å²) >= 11 is 0. The quantitative estimate of drug-likeness (QED) is 0.706. The SMILES string of the molecule is CC(C)OCCCN(C)C(=O)NC1CCC(C(=O)O)CC1. The van der Waals surface area contributed by atoms with Gasteiger partial charge in [0.25, 0.3) is 0 Å². The molecule has 1 aliphatic carbocycles. The number of carbonyl (C=O) groups excluding carboxylic acids is 1. The zero-order valence-electron chi connectivity index (χ0n) is 13.3. The van der Waals surface area contributed by atoms with Crippen LogP contribution in [0, 0.1) is 5.92 Å². The van der Waals surface area contributed by atoms with Gasteiger partial charge in [-0.1, -0.05) is 0 Å². The second kappa shape index (κ2) is 8.87. The maximum Gasteiger partial charge on any atom is 0.317 e. The zero-order chi connectivity index (χ0) is 15.8. The summed E-state index contributed by atoms with van der Waals surface area (Å²) in [6, 6.07) is 0.0146. The molecule has 0 atom stereocenters. The van der Waals surface area contributed by atoms with Crippen molar-refractivity contribution >= 4 is 12.0 Å². The number of aliphatic carboxylic acids is 1. The first-order valence-electron chi connectivity index (χ1n) is 7.76. The number of carbonyl (C=O) groups is 2. The monoisotopic (exact) mass is 300 g/mol. The molecule has 6 heteroatoms. The van der Waals surface area contributed by atoms with E-state index in [2.05, 4.69) is 5.32 Å². The lowest BCUT2D eigenvalue weighted by Gasteiger charge is -2.28. The highest BCUT2D eigenvalue weighted by molar-refractivity contribution is 5.74. The number of carboxylic acids is 1. The van der Waals surface area contributed by atoms with Crippen LogP contribution in [0.25, 0.3) is 0 Å². The first-order chi connectivity index (χ1) is 9.90. The van der Waals surface area contributed by atoms with Gasteiger partial charge in [0.1, 0.15) is 0 Å². The molecule has 2 N–H and O–H groups in total. The van der Waals surface area contributed by atoms with Crippen molar-refractivity contribution in [3.05, 3.63) is 0 Å². The van der Waals surface area contributed by atoms with E-state index >= 15 is 0 Å². The molecular formula is C15H28N2O4. The number of carboxylic acid groups (broad SMARTS) is 1. The Morgan fingerprint density at radius 3 is 2.43 bits per heavy atom. The molecule has 0 unspecified atom stereocenters. The smallest absolute Gasteiger partial charge is 0.317 e. The van der Waals surface area contributed by atoms with Crippen LogP contribution in [-0.2, 0) is 9.53 Å². The molecule has 1 fully saturated rings. The number of nitrogens with zero attached hydrogens (tertiary/aromatic N) is 1. The molecule has 1 rings (SSSR count). The molecule has 0 radical (unpaired) electrons. The molecule has 2 amide bonds. The summed E-state index contributed by atoms with van der Waals surface area (Å²) in [6.45, 7) is 5.29. The highest BCUT2D eigenvalue weighted by atomic mass is 16.5. The first kappa shape index (κ1) is 17.8. The van der Waals surface area contributed by atoms with Crippen molar-refractivity contribution in [3.8, 4) is 0 Å². The van der Waals surface area contributed by atoms with Gasteiger partial charge in [0, 0.05) is 26.2 Å². The third-order valence-electron chi connectivity index (χ3n) is 3.84. The molecule has 0 bridgehead atoms. The number of ether oxygens (including phenoxy) is 1. The number of urea groups is 1. The van der Waals surface area contributed by atoms with E-state index in [1.165, 1.54) is 0 Å². The fourth-order valence-corrected chi connectivity index (χ4v) is 2.49. The van der Waals surface area contributed by atoms with Crippen molar-refractivity contribution in [3.63, 3.8) is 0 Å². The predicted octanol–water partition coefficient (Wildman–Crippen LogP) is 2.09. The second-order valence-electron chi connectivity index (χ2n) is 6.03. The van der Waals surface area contributed by atoms with Crippen LogP contribution in [0.2, 0.25) is 0 Å². The van der Waals surface area contributed by atoms with E-state index in [-0.39, 0.29) is 24.1 Å². The molecule has 0 aromatic rings. The third-order valence-corrected chi connectivity index (χ3v) is 3.84. The predicted molar refractivity (Wildman–Crippen MR) is 80.2 cm³/mol. The van der Waals surface area contributed by atoms with E-state index in [0.29, 0.717) is 26.0 Å². The van der Waals surface area contributed by atoms with Gasteiger partial charge in [0.2, 0.25) is 0 Å². The molecule has 0 spiro atoms. The Labute approximate surface area is 126 Å². The molecule has 6 nitrogen and oxygen atoms in total. The van der Waals surface area contributed by atoms with Gasteiger partial charge in [-0.25, -0.2) is 4.79 Å².